The zero-order valence-corrected chi connectivity index (χ0v) is 13.3. The molecule has 1 fully saturated rings. The molecule has 0 aliphatic carbocycles. The number of rotatable bonds is 6. The molecule has 0 spiro atoms. The predicted molar refractivity (Wildman–Crippen MR) is 82.7 cm³/mol. The van der Waals surface area contributed by atoms with Crippen molar-refractivity contribution in [2.75, 3.05) is 39.4 Å². The zero-order chi connectivity index (χ0) is 13.5. The van der Waals surface area contributed by atoms with Crippen molar-refractivity contribution in [2.45, 2.75) is 13.0 Å². The summed E-state index contributed by atoms with van der Waals surface area (Å²) in [6.07, 6.45) is 1.17. The van der Waals surface area contributed by atoms with E-state index >= 15 is 0 Å². The van der Waals surface area contributed by atoms with Crippen LogP contribution < -0.4 is 5.32 Å². The van der Waals surface area contributed by atoms with Crippen molar-refractivity contribution in [1.82, 2.24) is 10.2 Å². The van der Waals surface area contributed by atoms with E-state index in [9.17, 15) is 0 Å². The van der Waals surface area contributed by atoms with Gasteiger partial charge in [-0.1, -0.05) is 33.6 Å². The van der Waals surface area contributed by atoms with Gasteiger partial charge in [0.05, 0.1) is 13.2 Å². The Labute approximate surface area is 128 Å². The summed E-state index contributed by atoms with van der Waals surface area (Å²) in [6.45, 7) is 6.97. The lowest BCUT2D eigenvalue weighted by molar-refractivity contribution is 0.0374. The maximum atomic E-state index is 5.92. The Hall–Kier alpha value is -0.130. The van der Waals surface area contributed by atoms with Gasteiger partial charge in [-0.05, 0) is 37.2 Å². The maximum absolute atomic E-state index is 5.92. The molecule has 19 heavy (non-hydrogen) atoms. The molecule has 1 aromatic rings. The molecule has 0 atom stereocenters. The van der Waals surface area contributed by atoms with Crippen molar-refractivity contribution < 1.29 is 4.74 Å². The van der Waals surface area contributed by atoms with E-state index in [4.69, 9.17) is 16.3 Å². The van der Waals surface area contributed by atoms with Crippen LogP contribution in [0, 0.1) is 0 Å². The van der Waals surface area contributed by atoms with Gasteiger partial charge < -0.3 is 10.1 Å². The first kappa shape index (κ1) is 15.3. The molecule has 0 amide bonds. The minimum absolute atomic E-state index is 0.767. The van der Waals surface area contributed by atoms with Gasteiger partial charge >= 0.3 is 0 Å². The van der Waals surface area contributed by atoms with Crippen LogP contribution in [0.2, 0.25) is 5.02 Å². The smallest absolute Gasteiger partial charge is 0.0594 e. The normalized spacial score (nSPS) is 16.7. The number of nitrogens with zero attached hydrogens (tertiary/aromatic N) is 1. The van der Waals surface area contributed by atoms with E-state index in [1.54, 1.807) is 0 Å². The van der Waals surface area contributed by atoms with Crippen molar-refractivity contribution >= 4 is 27.5 Å². The van der Waals surface area contributed by atoms with Gasteiger partial charge in [0.25, 0.3) is 0 Å². The van der Waals surface area contributed by atoms with E-state index < -0.39 is 0 Å². The number of hydrogen-bond donors (Lipinski definition) is 1. The molecule has 1 aliphatic heterocycles. The van der Waals surface area contributed by atoms with Crippen LogP contribution in [0.15, 0.2) is 22.7 Å². The van der Waals surface area contributed by atoms with Gasteiger partial charge in [-0.25, -0.2) is 0 Å². The van der Waals surface area contributed by atoms with Crippen LogP contribution in [0.25, 0.3) is 0 Å². The van der Waals surface area contributed by atoms with Crippen LogP contribution in [-0.4, -0.2) is 44.3 Å². The standard InChI is InChI=1S/C14H20BrClN2O/c15-14-10-13(16)3-2-12(14)11-17-4-1-5-18-6-8-19-9-7-18/h2-3,10,17H,1,4-9,11H2. The Bertz CT molecular complexity index is 397. The summed E-state index contributed by atoms with van der Waals surface area (Å²) in [5.41, 5.74) is 1.25. The van der Waals surface area contributed by atoms with Crippen molar-refractivity contribution in [3.05, 3.63) is 33.3 Å². The second-order valence-corrected chi connectivity index (χ2v) is 6.01. The largest absolute Gasteiger partial charge is 0.379 e. The third kappa shape index (κ3) is 5.40. The Morgan fingerprint density at radius 1 is 1.32 bits per heavy atom. The first-order valence-corrected chi connectivity index (χ1v) is 7.87. The molecule has 5 heteroatoms. The van der Waals surface area contributed by atoms with Gasteiger partial charge in [-0.3, -0.25) is 4.90 Å². The minimum atomic E-state index is 0.767. The average molecular weight is 348 g/mol. The summed E-state index contributed by atoms with van der Waals surface area (Å²) in [5.74, 6) is 0. The monoisotopic (exact) mass is 346 g/mol. The van der Waals surface area contributed by atoms with E-state index in [-0.39, 0.29) is 0 Å². The summed E-state index contributed by atoms with van der Waals surface area (Å²) in [4.78, 5) is 2.46. The molecular weight excluding hydrogens is 328 g/mol. The third-order valence-electron chi connectivity index (χ3n) is 3.26. The highest BCUT2D eigenvalue weighted by Crippen LogP contribution is 2.21. The van der Waals surface area contributed by atoms with Gasteiger partial charge in [0.15, 0.2) is 0 Å². The molecule has 3 nitrogen and oxygen atoms in total. The van der Waals surface area contributed by atoms with E-state index in [1.165, 1.54) is 12.0 Å². The molecule has 1 heterocycles. The lowest BCUT2D eigenvalue weighted by atomic mass is 10.2. The van der Waals surface area contributed by atoms with E-state index in [0.717, 1.165) is 55.4 Å². The third-order valence-corrected chi connectivity index (χ3v) is 4.24. The van der Waals surface area contributed by atoms with Crippen molar-refractivity contribution in [3.63, 3.8) is 0 Å². The molecule has 0 bridgehead atoms. The summed E-state index contributed by atoms with van der Waals surface area (Å²) >= 11 is 9.45. The van der Waals surface area contributed by atoms with Gasteiger partial charge in [0.2, 0.25) is 0 Å². The molecule has 1 aromatic carbocycles. The molecular formula is C14H20BrClN2O. The van der Waals surface area contributed by atoms with Gasteiger partial charge in [-0.15, -0.1) is 0 Å². The summed E-state index contributed by atoms with van der Waals surface area (Å²) in [7, 11) is 0. The van der Waals surface area contributed by atoms with Crippen LogP contribution in [0.4, 0.5) is 0 Å². The molecule has 0 radical (unpaired) electrons. The second kappa shape index (κ2) is 8.22. The highest BCUT2D eigenvalue weighted by atomic mass is 79.9. The van der Waals surface area contributed by atoms with Crippen LogP contribution in [0.3, 0.4) is 0 Å². The Kier molecular flexibility index (Phi) is 6.61. The summed E-state index contributed by atoms with van der Waals surface area (Å²) in [5, 5.41) is 4.24. The van der Waals surface area contributed by atoms with Crippen molar-refractivity contribution in [2.24, 2.45) is 0 Å². The summed E-state index contributed by atoms with van der Waals surface area (Å²) < 4.78 is 6.40. The molecule has 1 N–H and O–H groups in total. The lowest BCUT2D eigenvalue weighted by Crippen LogP contribution is -2.37. The lowest BCUT2D eigenvalue weighted by Gasteiger charge is -2.26. The fourth-order valence-electron chi connectivity index (χ4n) is 2.14. The fraction of sp³-hybridized carbons (Fsp3) is 0.571. The topological polar surface area (TPSA) is 24.5 Å². The molecule has 0 unspecified atom stereocenters. The highest BCUT2D eigenvalue weighted by molar-refractivity contribution is 9.10. The van der Waals surface area contributed by atoms with Crippen LogP contribution >= 0.6 is 27.5 Å². The van der Waals surface area contributed by atoms with Crippen LogP contribution in [0.1, 0.15) is 12.0 Å². The summed E-state index contributed by atoms with van der Waals surface area (Å²) in [6, 6.07) is 5.92. The number of morpholine rings is 1. The second-order valence-electron chi connectivity index (χ2n) is 4.72. The van der Waals surface area contributed by atoms with Gasteiger partial charge in [0, 0.05) is 29.1 Å². The molecule has 0 aromatic heterocycles. The number of benzene rings is 1. The average Bonchev–Trinajstić information content (AvgIpc) is 2.42. The van der Waals surface area contributed by atoms with E-state index in [2.05, 4.69) is 32.2 Å². The first-order chi connectivity index (χ1) is 9.25. The molecule has 2 rings (SSSR count). The maximum Gasteiger partial charge on any atom is 0.0594 e. The molecule has 1 saturated heterocycles. The van der Waals surface area contributed by atoms with E-state index in [1.807, 2.05) is 12.1 Å². The van der Waals surface area contributed by atoms with Crippen LogP contribution in [-0.2, 0) is 11.3 Å². The van der Waals surface area contributed by atoms with E-state index in [0.29, 0.717) is 0 Å². The van der Waals surface area contributed by atoms with Crippen LogP contribution in [0.5, 0.6) is 0 Å². The predicted octanol–water partition coefficient (Wildman–Crippen LogP) is 2.91. The molecule has 0 saturated carbocycles. The van der Waals surface area contributed by atoms with Crippen molar-refractivity contribution in [3.8, 4) is 0 Å². The number of halogens is 2. The molecule has 1 aliphatic rings. The Morgan fingerprint density at radius 3 is 2.84 bits per heavy atom. The number of hydrogen-bond acceptors (Lipinski definition) is 3. The van der Waals surface area contributed by atoms with Gasteiger partial charge in [0.1, 0.15) is 0 Å². The fourth-order valence-corrected chi connectivity index (χ4v) is 2.96. The minimum Gasteiger partial charge on any atom is -0.379 e. The number of ether oxygens (including phenoxy) is 1. The zero-order valence-electron chi connectivity index (χ0n) is 11.0. The molecule has 106 valence electrons. The van der Waals surface area contributed by atoms with Crippen molar-refractivity contribution in [1.29, 1.82) is 0 Å². The quantitative estimate of drug-likeness (QED) is 0.801. The Morgan fingerprint density at radius 2 is 2.11 bits per heavy atom. The number of nitrogens with one attached hydrogen (secondary N) is 1. The SMILES string of the molecule is Clc1ccc(CNCCCN2CCOCC2)c(Br)c1. The highest BCUT2D eigenvalue weighted by Gasteiger charge is 2.09. The Balaban J connectivity index is 1.61. The first-order valence-electron chi connectivity index (χ1n) is 6.70. The van der Waals surface area contributed by atoms with Gasteiger partial charge in [-0.2, -0.15) is 0 Å².